The molecule has 1 saturated heterocycles. The van der Waals surface area contributed by atoms with Crippen molar-refractivity contribution in [2.24, 2.45) is 0 Å². The first-order valence-electron chi connectivity index (χ1n) is 7.92. The van der Waals surface area contributed by atoms with Gasteiger partial charge in [-0.05, 0) is 37.6 Å². The molecule has 25 heavy (non-hydrogen) atoms. The first-order chi connectivity index (χ1) is 11.7. The third-order valence-electron chi connectivity index (χ3n) is 4.26. The maximum Gasteiger partial charge on any atom is 0.277 e. The van der Waals surface area contributed by atoms with Crippen LogP contribution in [0.3, 0.4) is 0 Å². The van der Waals surface area contributed by atoms with Gasteiger partial charge in [0.05, 0.1) is 16.9 Å². The summed E-state index contributed by atoms with van der Waals surface area (Å²) in [7, 11) is 0. The Morgan fingerprint density at radius 3 is 3.04 bits per heavy atom. The molecule has 0 radical (unpaired) electrons. The molecule has 4 rings (SSSR count). The Hall–Kier alpha value is -2.45. The summed E-state index contributed by atoms with van der Waals surface area (Å²) in [5, 5.41) is 17.2. The van der Waals surface area contributed by atoms with Gasteiger partial charge in [0, 0.05) is 12.7 Å². The summed E-state index contributed by atoms with van der Waals surface area (Å²) in [6.07, 6.45) is 3.92. The standard InChI is InChI=1S/C16H17FN6O.ClH/c17-11-4-1-5-12-14(11)15(21-20-12)19-16(24)13-6-8-23(22-13)10-3-2-7-18-9-10;/h1,4-6,8,10,18H,2-3,7,9H2,(H2,19,20,21,24);1H. The smallest absolute Gasteiger partial charge is 0.277 e. The van der Waals surface area contributed by atoms with E-state index >= 15 is 0 Å². The SMILES string of the molecule is Cl.O=C(Nc1n[nH]c2cccc(F)c12)c1ccn(C2CCCNC2)n1. The van der Waals surface area contributed by atoms with Gasteiger partial charge in [-0.25, -0.2) is 4.39 Å². The van der Waals surface area contributed by atoms with Gasteiger partial charge in [-0.2, -0.15) is 10.2 Å². The van der Waals surface area contributed by atoms with Crippen LogP contribution in [-0.2, 0) is 0 Å². The molecule has 1 fully saturated rings. The van der Waals surface area contributed by atoms with Gasteiger partial charge in [-0.1, -0.05) is 6.07 Å². The number of hydrogen-bond acceptors (Lipinski definition) is 4. The molecule has 2 aromatic heterocycles. The van der Waals surface area contributed by atoms with Crippen LogP contribution in [0.25, 0.3) is 10.9 Å². The highest BCUT2D eigenvalue weighted by Gasteiger charge is 2.19. The Labute approximate surface area is 149 Å². The maximum absolute atomic E-state index is 13.9. The molecule has 0 spiro atoms. The molecule has 3 N–H and O–H groups in total. The van der Waals surface area contributed by atoms with Crippen LogP contribution < -0.4 is 10.6 Å². The van der Waals surface area contributed by atoms with Crippen LogP contribution >= 0.6 is 12.4 Å². The Morgan fingerprint density at radius 2 is 2.24 bits per heavy atom. The number of fused-ring (bicyclic) bond motifs is 1. The van der Waals surface area contributed by atoms with Crippen molar-refractivity contribution in [3.63, 3.8) is 0 Å². The van der Waals surface area contributed by atoms with Crippen LogP contribution in [0.1, 0.15) is 29.4 Å². The number of piperidine rings is 1. The Balaban J connectivity index is 0.00000182. The van der Waals surface area contributed by atoms with E-state index in [1.54, 1.807) is 24.4 Å². The average Bonchev–Trinajstić information content (AvgIpc) is 3.24. The van der Waals surface area contributed by atoms with E-state index in [2.05, 4.69) is 25.9 Å². The lowest BCUT2D eigenvalue weighted by molar-refractivity contribution is 0.102. The minimum atomic E-state index is -0.435. The number of carbonyl (C=O) groups excluding carboxylic acids is 1. The number of nitrogens with zero attached hydrogens (tertiary/aromatic N) is 3. The fraction of sp³-hybridized carbons (Fsp3) is 0.312. The summed E-state index contributed by atoms with van der Waals surface area (Å²) in [6, 6.07) is 6.53. The van der Waals surface area contributed by atoms with Gasteiger partial charge in [0.1, 0.15) is 5.82 Å². The lowest BCUT2D eigenvalue weighted by Gasteiger charge is -2.22. The molecule has 1 amide bonds. The lowest BCUT2D eigenvalue weighted by Crippen LogP contribution is -2.32. The number of aromatic nitrogens is 4. The second-order valence-electron chi connectivity index (χ2n) is 5.87. The zero-order valence-electron chi connectivity index (χ0n) is 13.3. The summed E-state index contributed by atoms with van der Waals surface area (Å²) in [4.78, 5) is 12.4. The van der Waals surface area contributed by atoms with E-state index in [-0.39, 0.29) is 35.3 Å². The molecular formula is C16H18ClFN6O. The zero-order chi connectivity index (χ0) is 16.5. The van der Waals surface area contributed by atoms with Crippen LogP contribution in [0.15, 0.2) is 30.5 Å². The van der Waals surface area contributed by atoms with Crippen LogP contribution in [0, 0.1) is 5.82 Å². The molecule has 1 unspecified atom stereocenters. The van der Waals surface area contributed by atoms with Crippen molar-refractivity contribution in [3.05, 3.63) is 42.0 Å². The second kappa shape index (κ2) is 7.20. The van der Waals surface area contributed by atoms with E-state index in [1.165, 1.54) is 6.07 Å². The molecule has 7 nitrogen and oxygen atoms in total. The first-order valence-corrected chi connectivity index (χ1v) is 7.92. The number of rotatable bonds is 3. The monoisotopic (exact) mass is 364 g/mol. The molecule has 1 aliphatic heterocycles. The molecule has 0 bridgehead atoms. The number of halogens is 2. The topological polar surface area (TPSA) is 87.6 Å². The maximum atomic E-state index is 13.9. The Morgan fingerprint density at radius 1 is 1.36 bits per heavy atom. The Bertz CT molecular complexity index is 886. The number of amides is 1. The highest BCUT2D eigenvalue weighted by atomic mass is 35.5. The van der Waals surface area contributed by atoms with Crippen molar-refractivity contribution in [1.29, 1.82) is 0 Å². The van der Waals surface area contributed by atoms with Crippen molar-refractivity contribution in [2.45, 2.75) is 18.9 Å². The largest absolute Gasteiger partial charge is 0.315 e. The van der Waals surface area contributed by atoms with E-state index in [4.69, 9.17) is 0 Å². The van der Waals surface area contributed by atoms with E-state index in [0.29, 0.717) is 5.52 Å². The molecule has 1 atom stereocenters. The van der Waals surface area contributed by atoms with Gasteiger partial charge in [0.25, 0.3) is 5.91 Å². The number of hydrogen-bond donors (Lipinski definition) is 3. The number of carbonyl (C=O) groups is 1. The van der Waals surface area contributed by atoms with Gasteiger partial charge in [0.2, 0.25) is 0 Å². The summed E-state index contributed by atoms with van der Waals surface area (Å²) in [5.74, 6) is -0.675. The van der Waals surface area contributed by atoms with Crippen LogP contribution in [0.2, 0.25) is 0 Å². The van der Waals surface area contributed by atoms with Crippen LogP contribution in [-0.4, -0.2) is 39.0 Å². The summed E-state index contributed by atoms with van der Waals surface area (Å²) in [6.45, 7) is 1.86. The van der Waals surface area contributed by atoms with Crippen molar-refractivity contribution >= 4 is 35.0 Å². The molecule has 0 aliphatic carbocycles. The molecular weight excluding hydrogens is 347 g/mol. The average molecular weight is 365 g/mol. The normalized spacial score (nSPS) is 17.2. The Kier molecular flexibility index (Phi) is 5.00. The molecule has 1 aliphatic rings. The van der Waals surface area contributed by atoms with Crippen LogP contribution in [0.5, 0.6) is 0 Å². The van der Waals surface area contributed by atoms with E-state index in [1.807, 2.05) is 4.68 Å². The number of anilines is 1. The number of nitrogens with one attached hydrogen (secondary N) is 3. The quantitative estimate of drug-likeness (QED) is 0.666. The minimum absolute atomic E-state index is 0. The lowest BCUT2D eigenvalue weighted by atomic mass is 10.1. The first kappa shape index (κ1) is 17.4. The van der Waals surface area contributed by atoms with Gasteiger partial charge in [-0.15, -0.1) is 12.4 Å². The summed E-state index contributed by atoms with van der Waals surface area (Å²) in [5.41, 5.74) is 0.817. The summed E-state index contributed by atoms with van der Waals surface area (Å²) >= 11 is 0. The third kappa shape index (κ3) is 3.35. The second-order valence-corrected chi connectivity index (χ2v) is 5.87. The molecule has 0 saturated carbocycles. The van der Waals surface area contributed by atoms with Gasteiger partial charge >= 0.3 is 0 Å². The predicted octanol–water partition coefficient (Wildman–Crippen LogP) is 2.50. The predicted molar refractivity (Wildman–Crippen MR) is 94.6 cm³/mol. The number of H-pyrrole nitrogens is 1. The van der Waals surface area contributed by atoms with Gasteiger partial charge < -0.3 is 10.6 Å². The van der Waals surface area contributed by atoms with E-state index in [0.717, 1.165) is 25.9 Å². The van der Waals surface area contributed by atoms with Gasteiger partial charge in [-0.3, -0.25) is 14.6 Å². The highest BCUT2D eigenvalue weighted by Crippen LogP contribution is 2.24. The van der Waals surface area contributed by atoms with E-state index < -0.39 is 11.7 Å². The van der Waals surface area contributed by atoms with Crippen LogP contribution in [0.4, 0.5) is 10.2 Å². The number of aromatic amines is 1. The molecule has 1 aromatic carbocycles. The molecule has 9 heteroatoms. The fourth-order valence-corrected chi connectivity index (χ4v) is 3.01. The van der Waals surface area contributed by atoms with E-state index in [9.17, 15) is 9.18 Å². The summed E-state index contributed by atoms with van der Waals surface area (Å²) < 4.78 is 15.8. The minimum Gasteiger partial charge on any atom is -0.315 e. The van der Waals surface area contributed by atoms with Gasteiger partial charge in [0.15, 0.2) is 11.5 Å². The van der Waals surface area contributed by atoms with Crippen molar-refractivity contribution in [2.75, 3.05) is 18.4 Å². The highest BCUT2D eigenvalue weighted by molar-refractivity contribution is 6.06. The fourth-order valence-electron chi connectivity index (χ4n) is 3.01. The number of benzene rings is 1. The van der Waals surface area contributed by atoms with Crippen molar-refractivity contribution < 1.29 is 9.18 Å². The van der Waals surface area contributed by atoms with Crippen molar-refractivity contribution in [1.82, 2.24) is 25.3 Å². The molecule has 132 valence electrons. The molecule has 3 aromatic rings. The molecule has 3 heterocycles. The zero-order valence-corrected chi connectivity index (χ0v) is 14.1. The van der Waals surface area contributed by atoms with Crippen molar-refractivity contribution in [3.8, 4) is 0 Å². The third-order valence-corrected chi connectivity index (χ3v) is 4.26.